The molecule has 0 atom stereocenters. The Hall–Kier alpha value is -2.17. The summed E-state index contributed by atoms with van der Waals surface area (Å²) in [6.45, 7) is 3.24. The van der Waals surface area contributed by atoms with Gasteiger partial charge in [-0.25, -0.2) is 0 Å². The highest BCUT2D eigenvalue weighted by atomic mass is 19.4. The van der Waals surface area contributed by atoms with Crippen molar-refractivity contribution < 1.29 is 18.0 Å². The number of benzene rings is 1. The fourth-order valence-corrected chi connectivity index (χ4v) is 1.94. The second-order valence-corrected chi connectivity index (χ2v) is 4.54. The van der Waals surface area contributed by atoms with Crippen LogP contribution in [0, 0.1) is 13.8 Å². The zero-order valence-electron chi connectivity index (χ0n) is 11.0. The van der Waals surface area contributed by atoms with Crippen LogP contribution < -0.4 is 0 Å². The van der Waals surface area contributed by atoms with Crippen LogP contribution in [-0.4, -0.2) is 10.8 Å². The van der Waals surface area contributed by atoms with Gasteiger partial charge in [-0.15, -0.1) is 0 Å². The van der Waals surface area contributed by atoms with Crippen molar-refractivity contribution >= 4 is 5.78 Å². The molecule has 0 fully saturated rings. The minimum Gasteiger partial charge on any atom is -0.289 e. The van der Waals surface area contributed by atoms with E-state index in [4.69, 9.17) is 0 Å². The largest absolute Gasteiger partial charge is 0.416 e. The van der Waals surface area contributed by atoms with Gasteiger partial charge in [-0.1, -0.05) is 6.07 Å². The van der Waals surface area contributed by atoms with Gasteiger partial charge in [0.05, 0.1) is 5.56 Å². The number of carbonyl (C=O) groups excluding carboxylic acids is 1. The zero-order chi connectivity index (χ0) is 14.9. The number of hydrogen-bond acceptors (Lipinski definition) is 2. The summed E-state index contributed by atoms with van der Waals surface area (Å²) in [7, 11) is 0. The van der Waals surface area contributed by atoms with E-state index in [1.807, 2.05) is 0 Å². The summed E-state index contributed by atoms with van der Waals surface area (Å²) in [5.74, 6) is -0.304. The van der Waals surface area contributed by atoms with Crippen molar-refractivity contribution in [2.24, 2.45) is 0 Å². The highest BCUT2D eigenvalue weighted by Gasteiger charge is 2.31. The van der Waals surface area contributed by atoms with E-state index in [9.17, 15) is 18.0 Å². The van der Waals surface area contributed by atoms with Crippen molar-refractivity contribution in [3.8, 4) is 0 Å². The van der Waals surface area contributed by atoms with Crippen LogP contribution in [-0.2, 0) is 6.18 Å². The molecule has 1 heterocycles. The van der Waals surface area contributed by atoms with Gasteiger partial charge in [0.2, 0.25) is 0 Å². The number of nitrogens with zero attached hydrogens (tertiary/aromatic N) is 1. The molecular formula is C15H12F3NO. The molecule has 0 aliphatic rings. The first kappa shape index (κ1) is 14.2. The van der Waals surface area contributed by atoms with Crippen molar-refractivity contribution in [3.63, 3.8) is 0 Å². The summed E-state index contributed by atoms with van der Waals surface area (Å²) in [6, 6.07) is 6.29. The highest BCUT2D eigenvalue weighted by molar-refractivity contribution is 6.09. The van der Waals surface area contributed by atoms with E-state index >= 15 is 0 Å². The van der Waals surface area contributed by atoms with E-state index in [0.29, 0.717) is 16.8 Å². The van der Waals surface area contributed by atoms with Crippen molar-refractivity contribution in [2.45, 2.75) is 20.0 Å². The first-order chi connectivity index (χ1) is 9.29. The maximum Gasteiger partial charge on any atom is 0.416 e. The van der Waals surface area contributed by atoms with Gasteiger partial charge in [0, 0.05) is 23.0 Å². The Morgan fingerprint density at radius 3 is 2.35 bits per heavy atom. The minimum absolute atomic E-state index is 0.267. The molecule has 0 spiro atoms. The van der Waals surface area contributed by atoms with Gasteiger partial charge >= 0.3 is 6.18 Å². The fourth-order valence-electron chi connectivity index (χ4n) is 1.94. The maximum absolute atomic E-state index is 12.6. The number of rotatable bonds is 2. The van der Waals surface area contributed by atoms with Crippen LogP contribution in [0.1, 0.15) is 32.7 Å². The second-order valence-electron chi connectivity index (χ2n) is 4.54. The lowest BCUT2D eigenvalue weighted by molar-refractivity contribution is -0.137. The summed E-state index contributed by atoms with van der Waals surface area (Å²) >= 11 is 0. The molecule has 2 nitrogen and oxygen atoms in total. The third-order valence-corrected chi connectivity index (χ3v) is 2.96. The Bertz CT molecular complexity index is 662. The van der Waals surface area contributed by atoms with Gasteiger partial charge in [0.25, 0.3) is 0 Å². The molecule has 0 unspecified atom stereocenters. The Morgan fingerprint density at radius 1 is 1.10 bits per heavy atom. The predicted molar refractivity (Wildman–Crippen MR) is 68.6 cm³/mol. The molecule has 0 amide bonds. The molecule has 5 heteroatoms. The molecule has 0 bridgehead atoms. The average molecular weight is 279 g/mol. The normalized spacial score (nSPS) is 11.4. The first-order valence-electron chi connectivity index (χ1n) is 5.94. The summed E-state index contributed by atoms with van der Waals surface area (Å²) in [5.41, 5.74) is 0.918. The molecule has 0 saturated heterocycles. The third kappa shape index (κ3) is 2.87. The highest BCUT2D eigenvalue weighted by Crippen LogP contribution is 2.30. The lowest BCUT2D eigenvalue weighted by Gasteiger charge is -2.10. The maximum atomic E-state index is 12.6. The van der Waals surface area contributed by atoms with Gasteiger partial charge in [0.1, 0.15) is 0 Å². The predicted octanol–water partition coefficient (Wildman–Crippen LogP) is 3.95. The summed E-state index contributed by atoms with van der Waals surface area (Å²) in [5, 5.41) is 0. The van der Waals surface area contributed by atoms with E-state index in [2.05, 4.69) is 4.98 Å². The molecule has 0 saturated carbocycles. The molecule has 0 aliphatic carbocycles. The zero-order valence-corrected chi connectivity index (χ0v) is 11.0. The molecule has 2 aromatic rings. The Kier molecular flexibility index (Phi) is 3.61. The van der Waals surface area contributed by atoms with Crippen LogP contribution in [0.3, 0.4) is 0 Å². The molecule has 0 N–H and O–H groups in total. The number of pyridine rings is 1. The van der Waals surface area contributed by atoms with Crippen LogP contribution in [0.4, 0.5) is 13.2 Å². The smallest absolute Gasteiger partial charge is 0.289 e. The van der Waals surface area contributed by atoms with Gasteiger partial charge in [-0.05, 0) is 43.7 Å². The quantitative estimate of drug-likeness (QED) is 0.779. The van der Waals surface area contributed by atoms with Crippen molar-refractivity contribution in [2.75, 3.05) is 0 Å². The number of ketones is 1. The van der Waals surface area contributed by atoms with Crippen molar-refractivity contribution in [1.29, 1.82) is 0 Å². The van der Waals surface area contributed by atoms with Crippen molar-refractivity contribution in [3.05, 3.63) is 64.5 Å². The topological polar surface area (TPSA) is 30.0 Å². The standard InChI is InChI=1S/C15H12F3NO/c1-9-7-12(15(16,17)18)3-4-13(9)14(20)11-5-6-19-10(2)8-11/h3-8H,1-2H3. The lowest BCUT2D eigenvalue weighted by atomic mass is 9.97. The van der Waals surface area contributed by atoms with E-state index in [1.165, 1.54) is 19.2 Å². The molecular weight excluding hydrogens is 267 g/mol. The number of alkyl halides is 3. The van der Waals surface area contributed by atoms with Crippen molar-refractivity contribution in [1.82, 2.24) is 4.98 Å². The molecule has 1 aromatic carbocycles. The Labute approximate surface area is 114 Å². The van der Waals surface area contributed by atoms with Gasteiger partial charge in [-0.2, -0.15) is 13.2 Å². The van der Waals surface area contributed by atoms with Crippen LogP contribution in [0.5, 0.6) is 0 Å². The lowest BCUT2D eigenvalue weighted by Crippen LogP contribution is -2.09. The third-order valence-electron chi connectivity index (χ3n) is 2.96. The van der Waals surface area contributed by atoms with Crippen LogP contribution in [0.2, 0.25) is 0 Å². The number of carbonyl (C=O) groups is 1. The number of hydrogen-bond donors (Lipinski definition) is 0. The van der Waals surface area contributed by atoms with E-state index in [0.717, 1.165) is 12.1 Å². The first-order valence-corrected chi connectivity index (χ1v) is 5.94. The molecule has 2 rings (SSSR count). The van der Waals surface area contributed by atoms with E-state index in [-0.39, 0.29) is 11.3 Å². The Morgan fingerprint density at radius 2 is 1.80 bits per heavy atom. The van der Waals surface area contributed by atoms with E-state index < -0.39 is 11.7 Å². The molecule has 0 radical (unpaired) electrons. The van der Waals surface area contributed by atoms with Crippen LogP contribution >= 0.6 is 0 Å². The summed E-state index contributed by atoms with van der Waals surface area (Å²) < 4.78 is 37.8. The molecule has 0 aliphatic heterocycles. The van der Waals surface area contributed by atoms with Crippen LogP contribution in [0.25, 0.3) is 0 Å². The number of aromatic nitrogens is 1. The minimum atomic E-state index is -4.40. The number of aryl methyl sites for hydroxylation is 2. The van der Waals surface area contributed by atoms with E-state index in [1.54, 1.807) is 19.1 Å². The average Bonchev–Trinajstić information content (AvgIpc) is 2.36. The fraction of sp³-hybridized carbons (Fsp3) is 0.200. The number of halogens is 3. The van der Waals surface area contributed by atoms with Gasteiger partial charge in [-0.3, -0.25) is 9.78 Å². The molecule has 1 aromatic heterocycles. The SMILES string of the molecule is Cc1cc(C(=O)c2ccc(C(F)(F)F)cc2C)ccn1. The van der Waals surface area contributed by atoms with Crippen LogP contribution in [0.15, 0.2) is 36.5 Å². The Balaban J connectivity index is 2.41. The van der Waals surface area contributed by atoms with Gasteiger partial charge in [0.15, 0.2) is 5.78 Å². The summed E-state index contributed by atoms with van der Waals surface area (Å²) in [6.07, 6.45) is -2.90. The summed E-state index contributed by atoms with van der Waals surface area (Å²) in [4.78, 5) is 16.3. The monoisotopic (exact) mass is 279 g/mol. The van der Waals surface area contributed by atoms with Gasteiger partial charge < -0.3 is 0 Å². The molecule has 104 valence electrons. The molecule has 20 heavy (non-hydrogen) atoms. The second kappa shape index (κ2) is 5.07.